The fraction of sp³-hybridized carbons (Fsp3) is 0.154. The first-order valence-corrected chi connectivity index (χ1v) is 5.60. The predicted molar refractivity (Wildman–Crippen MR) is 69.8 cm³/mol. The molecule has 0 aliphatic carbocycles. The Bertz CT molecular complexity index is 493. The molecule has 0 saturated heterocycles. The molecule has 0 radical (unpaired) electrons. The highest BCUT2D eigenvalue weighted by Gasteiger charge is 2.39. The van der Waals surface area contributed by atoms with E-state index in [2.05, 4.69) is 11.6 Å². The van der Waals surface area contributed by atoms with E-state index in [4.69, 9.17) is 17.5 Å². The molecular formula is C13H14ClN3. The Labute approximate surface area is 106 Å². The molecule has 17 heavy (non-hydrogen) atoms. The average molecular weight is 248 g/mol. The average Bonchev–Trinajstić information content (AvgIpc) is 2.33. The van der Waals surface area contributed by atoms with Crippen molar-refractivity contribution < 1.29 is 0 Å². The summed E-state index contributed by atoms with van der Waals surface area (Å²) in [5.74, 6) is 0.487. The van der Waals surface area contributed by atoms with Crippen molar-refractivity contribution in [3.8, 4) is 0 Å². The first-order valence-electron chi connectivity index (χ1n) is 5.26. The van der Waals surface area contributed by atoms with Crippen LogP contribution in [0, 0.1) is 0 Å². The van der Waals surface area contributed by atoms with Gasteiger partial charge in [0, 0.05) is 29.7 Å². The Hall–Kier alpha value is -1.74. The Morgan fingerprint density at radius 1 is 1.59 bits per heavy atom. The van der Waals surface area contributed by atoms with Crippen LogP contribution in [0.1, 0.15) is 12.5 Å². The summed E-state index contributed by atoms with van der Waals surface area (Å²) >= 11 is 6.32. The van der Waals surface area contributed by atoms with Crippen molar-refractivity contribution >= 4 is 11.8 Å². The van der Waals surface area contributed by atoms with Crippen LogP contribution in [0.5, 0.6) is 0 Å². The number of halogens is 1. The van der Waals surface area contributed by atoms with Gasteiger partial charge in [0.1, 0.15) is 11.4 Å². The standard InChI is InChI=1S/C13H14ClN3/c1-10(2)13(11-5-4-8-16-9-11)7-3-6-12(15)17(13)14/h3-9H,1,15H2,2H3. The Morgan fingerprint density at radius 3 is 2.94 bits per heavy atom. The van der Waals surface area contributed by atoms with E-state index in [0.29, 0.717) is 5.82 Å². The van der Waals surface area contributed by atoms with Crippen LogP contribution < -0.4 is 5.73 Å². The Kier molecular flexibility index (Phi) is 2.94. The minimum atomic E-state index is -0.630. The minimum Gasteiger partial charge on any atom is -0.384 e. The zero-order valence-corrected chi connectivity index (χ0v) is 10.4. The minimum absolute atomic E-state index is 0.487. The number of pyridine rings is 1. The van der Waals surface area contributed by atoms with Gasteiger partial charge in [0.05, 0.1) is 0 Å². The topological polar surface area (TPSA) is 42.1 Å². The molecule has 0 aromatic carbocycles. The normalized spacial score (nSPS) is 23.4. The van der Waals surface area contributed by atoms with E-state index in [-0.39, 0.29) is 0 Å². The first kappa shape index (κ1) is 11.7. The molecule has 4 heteroatoms. The van der Waals surface area contributed by atoms with Gasteiger partial charge in [-0.25, -0.2) is 0 Å². The molecule has 3 nitrogen and oxygen atoms in total. The number of hydrogen-bond acceptors (Lipinski definition) is 3. The van der Waals surface area contributed by atoms with Crippen LogP contribution in [0.2, 0.25) is 0 Å². The molecule has 0 amide bonds. The van der Waals surface area contributed by atoms with Gasteiger partial charge in [0.2, 0.25) is 0 Å². The third-order valence-electron chi connectivity index (χ3n) is 2.89. The van der Waals surface area contributed by atoms with Crippen molar-refractivity contribution in [2.45, 2.75) is 12.5 Å². The summed E-state index contributed by atoms with van der Waals surface area (Å²) in [7, 11) is 0. The fourth-order valence-electron chi connectivity index (χ4n) is 1.97. The number of allylic oxidation sites excluding steroid dienone is 2. The number of nitrogens with two attached hydrogens (primary N) is 1. The Balaban J connectivity index is 2.60. The second-order valence-corrected chi connectivity index (χ2v) is 4.36. The van der Waals surface area contributed by atoms with Crippen molar-refractivity contribution in [2.75, 3.05) is 0 Å². The van der Waals surface area contributed by atoms with Crippen LogP contribution in [0.25, 0.3) is 0 Å². The molecule has 1 aromatic heterocycles. The smallest absolute Gasteiger partial charge is 0.123 e. The van der Waals surface area contributed by atoms with E-state index in [9.17, 15) is 0 Å². The molecule has 2 N–H and O–H groups in total. The van der Waals surface area contributed by atoms with Gasteiger partial charge in [-0.15, -0.1) is 0 Å². The molecule has 1 aromatic rings. The highest BCUT2D eigenvalue weighted by atomic mass is 35.5. The van der Waals surface area contributed by atoms with Gasteiger partial charge in [0.25, 0.3) is 0 Å². The fourth-order valence-corrected chi connectivity index (χ4v) is 2.33. The van der Waals surface area contributed by atoms with Crippen molar-refractivity contribution in [3.63, 3.8) is 0 Å². The molecule has 1 aliphatic rings. The maximum Gasteiger partial charge on any atom is 0.123 e. The zero-order valence-electron chi connectivity index (χ0n) is 9.60. The zero-order chi connectivity index (χ0) is 12.5. The maximum atomic E-state index is 6.32. The van der Waals surface area contributed by atoms with Crippen LogP contribution >= 0.6 is 11.8 Å². The quantitative estimate of drug-likeness (QED) is 0.645. The van der Waals surface area contributed by atoms with Gasteiger partial charge in [-0.05, 0) is 30.7 Å². The third-order valence-corrected chi connectivity index (χ3v) is 3.35. The monoisotopic (exact) mass is 247 g/mol. The summed E-state index contributed by atoms with van der Waals surface area (Å²) in [5.41, 5.74) is 7.06. The molecular weight excluding hydrogens is 234 g/mol. The van der Waals surface area contributed by atoms with Crippen LogP contribution in [-0.2, 0) is 5.54 Å². The van der Waals surface area contributed by atoms with Crippen molar-refractivity contribution in [1.82, 2.24) is 9.40 Å². The lowest BCUT2D eigenvalue weighted by Gasteiger charge is -2.41. The Morgan fingerprint density at radius 2 is 2.35 bits per heavy atom. The van der Waals surface area contributed by atoms with E-state index in [0.717, 1.165) is 11.1 Å². The number of hydrogen-bond donors (Lipinski definition) is 1. The van der Waals surface area contributed by atoms with E-state index in [1.807, 2.05) is 31.2 Å². The van der Waals surface area contributed by atoms with Gasteiger partial charge in [-0.2, -0.15) is 0 Å². The predicted octanol–water partition coefficient (Wildman–Crippen LogP) is 2.68. The SMILES string of the molecule is C=C(C)C1(c2cccnc2)C=CC=C(N)N1Cl. The second-order valence-electron chi connectivity index (χ2n) is 4.02. The molecule has 0 bridgehead atoms. The van der Waals surface area contributed by atoms with Crippen molar-refractivity contribution in [3.05, 3.63) is 66.3 Å². The lowest BCUT2D eigenvalue weighted by atomic mass is 9.83. The van der Waals surface area contributed by atoms with Crippen molar-refractivity contribution in [2.24, 2.45) is 5.73 Å². The van der Waals surface area contributed by atoms with E-state index < -0.39 is 5.54 Å². The van der Waals surface area contributed by atoms with Gasteiger partial charge in [-0.3, -0.25) is 9.40 Å². The van der Waals surface area contributed by atoms with Crippen LogP contribution in [0.3, 0.4) is 0 Å². The first-order chi connectivity index (χ1) is 8.09. The summed E-state index contributed by atoms with van der Waals surface area (Å²) in [5, 5.41) is 0. The summed E-state index contributed by atoms with van der Waals surface area (Å²) in [4.78, 5) is 4.13. The van der Waals surface area contributed by atoms with Crippen LogP contribution in [-0.4, -0.2) is 9.40 Å². The largest absolute Gasteiger partial charge is 0.384 e. The van der Waals surface area contributed by atoms with E-state index in [1.54, 1.807) is 18.5 Å². The molecule has 1 atom stereocenters. The molecule has 2 rings (SSSR count). The summed E-state index contributed by atoms with van der Waals surface area (Å²) < 4.78 is 1.49. The number of nitrogens with zero attached hydrogens (tertiary/aromatic N) is 2. The third kappa shape index (κ3) is 1.72. The van der Waals surface area contributed by atoms with Gasteiger partial charge in [-0.1, -0.05) is 18.7 Å². The maximum absolute atomic E-state index is 6.32. The highest BCUT2D eigenvalue weighted by Crippen LogP contribution is 2.41. The number of rotatable bonds is 2. The van der Waals surface area contributed by atoms with Gasteiger partial charge < -0.3 is 5.73 Å². The molecule has 0 spiro atoms. The molecule has 1 aliphatic heterocycles. The summed E-state index contributed by atoms with van der Waals surface area (Å²) in [6, 6.07) is 3.83. The van der Waals surface area contributed by atoms with Crippen LogP contribution in [0.4, 0.5) is 0 Å². The summed E-state index contributed by atoms with van der Waals surface area (Å²) in [6.07, 6.45) is 9.10. The summed E-state index contributed by atoms with van der Waals surface area (Å²) in [6.45, 7) is 5.95. The van der Waals surface area contributed by atoms with E-state index >= 15 is 0 Å². The second kappa shape index (κ2) is 4.26. The molecule has 2 heterocycles. The lowest BCUT2D eigenvalue weighted by Crippen LogP contribution is -2.42. The van der Waals surface area contributed by atoms with Gasteiger partial charge >= 0.3 is 0 Å². The molecule has 88 valence electrons. The lowest BCUT2D eigenvalue weighted by molar-refractivity contribution is 0.349. The molecule has 0 saturated carbocycles. The highest BCUT2D eigenvalue weighted by molar-refractivity contribution is 6.15. The van der Waals surface area contributed by atoms with Crippen molar-refractivity contribution in [1.29, 1.82) is 0 Å². The molecule has 0 fully saturated rings. The van der Waals surface area contributed by atoms with Crippen LogP contribution in [0.15, 0.2) is 60.7 Å². The van der Waals surface area contributed by atoms with Gasteiger partial charge in [0.15, 0.2) is 0 Å². The van der Waals surface area contributed by atoms with E-state index in [1.165, 1.54) is 4.42 Å². The molecule has 1 unspecified atom stereocenters. The number of aromatic nitrogens is 1.